The first-order valence-electron chi connectivity index (χ1n) is 5.20. The van der Waals surface area contributed by atoms with Crippen molar-refractivity contribution in [3.63, 3.8) is 0 Å². The van der Waals surface area contributed by atoms with E-state index in [2.05, 4.69) is 25.6 Å². The molecule has 0 fully saturated rings. The minimum absolute atomic E-state index is 1.04. The zero-order valence-electron chi connectivity index (χ0n) is 9.38. The lowest BCUT2D eigenvalue weighted by Crippen LogP contribution is -2.01. The van der Waals surface area contributed by atoms with Gasteiger partial charge in [-0.25, -0.2) is 0 Å². The fraction of sp³-hybridized carbons (Fsp3) is 0. The van der Waals surface area contributed by atoms with Crippen LogP contribution in [0.4, 0.5) is 11.4 Å². The lowest BCUT2D eigenvalue weighted by molar-refractivity contribution is 1.61. The summed E-state index contributed by atoms with van der Waals surface area (Å²) < 4.78 is 3.60. The van der Waals surface area contributed by atoms with Crippen LogP contribution in [0.1, 0.15) is 0 Å². The Morgan fingerprint density at radius 2 is 0.944 bits per heavy atom. The molecule has 0 spiro atoms. The molecule has 0 atom stereocenters. The molecular formula is C12H12N2S4. The quantitative estimate of drug-likeness (QED) is 0.460. The molecule has 6 heteroatoms. The van der Waals surface area contributed by atoms with Gasteiger partial charge >= 0.3 is 0 Å². The van der Waals surface area contributed by atoms with Gasteiger partial charge in [-0.2, -0.15) is 0 Å². The van der Waals surface area contributed by atoms with Gasteiger partial charge in [-0.1, -0.05) is 62.0 Å². The van der Waals surface area contributed by atoms with Gasteiger partial charge in [-0.05, 0) is 24.3 Å². The first-order valence-corrected chi connectivity index (χ1v) is 8.06. The first kappa shape index (κ1) is 13.9. The Kier molecular flexibility index (Phi) is 5.49. The van der Waals surface area contributed by atoms with Gasteiger partial charge in [-0.15, -0.1) is 0 Å². The largest absolute Gasteiger partial charge is 0.251 e. The van der Waals surface area contributed by atoms with Crippen LogP contribution in [0, 0.1) is 0 Å². The van der Waals surface area contributed by atoms with E-state index in [-0.39, 0.29) is 0 Å². The minimum Gasteiger partial charge on any atom is -0.251 e. The van der Waals surface area contributed by atoms with E-state index in [1.54, 1.807) is 7.42 Å². The lowest BCUT2D eigenvalue weighted by atomic mass is 10.3. The van der Waals surface area contributed by atoms with Gasteiger partial charge in [-0.3, -0.25) is 7.42 Å². The second-order valence-corrected chi connectivity index (χ2v) is 6.63. The van der Waals surface area contributed by atoms with Gasteiger partial charge in [0.05, 0.1) is 33.3 Å². The van der Waals surface area contributed by atoms with Crippen molar-refractivity contribution < 1.29 is 0 Å². The van der Waals surface area contributed by atoms with Crippen LogP contribution < -0.4 is 7.42 Å². The average molecular weight is 313 g/mol. The normalized spacial score (nSPS) is 10.1. The Labute approximate surface area is 127 Å². The van der Waals surface area contributed by atoms with Crippen LogP contribution >= 0.6 is 47.6 Å². The monoisotopic (exact) mass is 312 g/mol. The third-order valence-electron chi connectivity index (χ3n) is 2.13. The van der Waals surface area contributed by atoms with Crippen LogP contribution in [0.2, 0.25) is 0 Å². The fourth-order valence-corrected chi connectivity index (χ4v) is 3.50. The molecule has 0 heterocycles. The topological polar surface area (TPSA) is 6.48 Å². The van der Waals surface area contributed by atoms with Crippen molar-refractivity contribution in [2.75, 3.05) is 7.42 Å². The molecular weight excluding hydrogens is 300 g/mol. The standard InChI is InChI=1S/C12H12N2S4/c15-13(11-7-3-1-4-8-11)17-18-14(16)12-9-5-2-6-10-12/h1-10,15-16H. The van der Waals surface area contributed by atoms with Crippen LogP contribution in [0.15, 0.2) is 60.7 Å². The molecule has 0 unspecified atom stereocenters. The zero-order valence-corrected chi connectivity index (χ0v) is 12.8. The Bertz CT molecular complexity index is 421. The van der Waals surface area contributed by atoms with Crippen molar-refractivity contribution in [2.24, 2.45) is 0 Å². The van der Waals surface area contributed by atoms with Crippen molar-refractivity contribution in [2.45, 2.75) is 0 Å². The Balaban J connectivity index is 1.89. The molecule has 0 aliphatic heterocycles. The molecule has 0 aliphatic carbocycles. The van der Waals surface area contributed by atoms with Crippen LogP contribution in [0.5, 0.6) is 0 Å². The molecule has 0 aliphatic rings. The zero-order chi connectivity index (χ0) is 12.8. The maximum Gasteiger partial charge on any atom is 0.0600 e. The molecule has 2 aromatic carbocycles. The molecule has 2 aromatic rings. The highest BCUT2D eigenvalue weighted by atomic mass is 33.1. The Morgan fingerprint density at radius 3 is 1.28 bits per heavy atom. The molecule has 0 saturated carbocycles. The summed E-state index contributed by atoms with van der Waals surface area (Å²) in [4.78, 5) is 0. The third-order valence-corrected chi connectivity index (χ3v) is 5.61. The van der Waals surface area contributed by atoms with Gasteiger partial charge in [0.25, 0.3) is 0 Å². The van der Waals surface area contributed by atoms with E-state index in [4.69, 9.17) is 0 Å². The van der Waals surface area contributed by atoms with E-state index in [0.717, 1.165) is 11.4 Å². The van der Waals surface area contributed by atoms with E-state index in [1.165, 1.54) is 22.0 Å². The molecule has 94 valence electrons. The van der Waals surface area contributed by atoms with Gasteiger partial charge in [0, 0.05) is 0 Å². The number of anilines is 2. The molecule has 2 rings (SSSR count). The smallest absolute Gasteiger partial charge is 0.0600 e. The third kappa shape index (κ3) is 3.98. The maximum atomic E-state index is 4.42. The Morgan fingerprint density at radius 1 is 0.611 bits per heavy atom. The highest BCUT2D eigenvalue weighted by molar-refractivity contribution is 8.80. The summed E-state index contributed by atoms with van der Waals surface area (Å²) >= 11 is 8.84. The molecule has 0 aromatic heterocycles. The van der Waals surface area contributed by atoms with Gasteiger partial charge in [0.2, 0.25) is 0 Å². The van der Waals surface area contributed by atoms with Crippen molar-refractivity contribution in [1.29, 1.82) is 0 Å². The van der Waals surface area contributed by atoms with Crippen LogP contribution in [-0.2, 0) is 0 Å². The predicted octanol–water partition coefficient (Wildman–Crippen LogP) is 4.90. The van der Waals surface area contributed by atoms with Gasteiger partial charge < -0.3 is 0 Å². The summed E-state index contributed by atoms with van der Waals surface area (Å²) in [5, 5.41) is 0. The second-order valence-electron chi connectivity index (χ2n) is 3.37. The van der Waals surface area contributed by atoms with Crippen molar-refractivity contribution in [1.82, 2.24) is 0 Å². The van der Waals surface area contributed by atoms with E-state index in [9.17, 15) is 0 Å². The highest BCUT2D eigenvalue weighted by Crippen LogP contribution is 2.38. The second kappa shape index (κ2) is 7.13. The van der Waals surface area contributed by atoms with E-state index in [0.29, 0.717) is 0 Å². The molecule has 18 heavy (non-hydrogen) atoms. The molecule has 0 amide bonds. The van der Waals surface area contributed by atoms with Crippen molar-refractivity contribution in [3.8, 4) is 0 Å². The molecule has 0 N–H and O–H groups in total. The van der Waals surface area contributed by atoms with Gasteiger partial charge in [0.15, 0.2) is 0 Å². The summed E-state index contributed by atoms with van der Waals surface area (Å²) in [6, 6.07) is 19.9. The number of para-hydroxylation sites is 2. The van der Waals surface area contributed by atoms with Crippen LogP contribution in [0.25, 0.3) is 0 Å². The number of rotatable bonds is 5. The summed E-state index contributed by atoms with van der Waals surface area (Å²) in [6.45, 7) is 0. The number of hydrogen-bond donors (Lipinski definition) is 2. The van der Waals surface area contributed by atoms with Gasteiger partial charge in [0.1, 0.15) is 0 Å². The number of hydrogen-bond acceptors (Lipinski definition) is 6. The SMILES string of the molecule is SN(SSN(S)c1ccccc1)c1ccccc1. The molecule has 0 saturated heterocycles. The molecule has 0 radical (unpaired) electrons. The summed E-state index contributed by atoms with van der Waals surface area (Å²) in [6.07, 6.45) is 0. The summed E-state index contributed by atoms with van der Waals surface area (Å²) in [7, 11) is 2.99. The summed E-state index contributed by atoms with van der Waals surface area (Å²) in [5.74, 6) is 0. The van der Waals surface area contributed by atoms with Crippen molar-refractivity contribution >= 4 is 59.0 Å². The maximum absolute atomic E-state index is 4.42. The van der Waals surface area contributed by atoms with E-state index < -0.39 is 0 Å². The van der Waals surface area contributed by atoms with Crippen LogP contribution in [-0.4, -0.2) is 0 Å². The van der Waals surface area contributed by atoms with Crippen LogP contribution in [0.3, 0.4) is 0 Å². The fourth-order valence-electron chi connectivity index (χ4n) is 1.26. The number of thiol groups is 2. The molecule has 0 bridgehead atoms. The van der Waals surface area contributed by atoms with E-state index >= 15 is 0 Å². The summed E-state index contributed by atoms with van der Waals surface area (Å²) in [5.41, 5.74) is 2.07. The lowest BCUT2D eigenvalue weighted by Gasteiger charge is -2.19. The molecule has 2 nitrogen and oxygen atoms in total. The first-order chi connectivity index (χ1) is 8.77. The highest BCUT2D eigenvalue weighted by Gasteiger charge is 2.07. The predicted molar refractivity (Wildman–Crippen MR) is 91.0 cm³/mol. The van der Waals surface area contributed by atoms with E-state index in [1.807, 2.05) is 60.7 Å². The Hall–Kier alpha value is -0.560. The minimum atomic E-state index is 1.04. The number of nitrogens with zero attached hydrogens (tertiary/aromatic N) is 2. The number of benzene rings is 2. The average Bonchev–Trinajstić information content (AvgIpc) is 2.46. The van der Waals surface area contributed by atoms with Crippen molar-refractivity contribution in [3.05, 3.63) is 60.7 Å².